The van der Waals surface area contributed by atoms with Gasteiger partial charge < -0.3 is 10.3 Å². The lowest BCUT2D eigenvalue weighted by atomic mass is 10.2. The van der Waals surface area contributed by atoms with E-state index in [-0.39, 0.29) is 0 Å². The molecule has 0 unspecified atom stereocenters. The molecule has 0 bridgehead atoms. The zero-order valence-electron chi connectivity index (χ0n) is 12.9. The van der Waals surface area contributed by atoms with Crippen molar-refractivity contribution >= 4 is 18.4 Å². The van der Waals surface area contributed by atoms with Crippen LogP contribution in [0.15, 0.2) is 46.6 Å². The van der Waals surface area contributed by atoms with Crippen LogP contribution in [0.5, 0.6) is 0 Å². The summed E-state index contributed by atoms with van der Waals surface area (Å²) in [6, 6.07) is 10.1. The Bertz CT molecular complexity index is 557. The van der Waals surface area contributed by atoms with Gasteiger partial charge in [0.05, 0.1) is 12.9 Å². The number of aromatic nitrogens is 2. The van der Waals surface area contributed by atoms with E-state index in [0.29, 0.717) is 12.4 Å². The van der Waals surface area contributed by atoms with Crippen molar-refractivity contribution in [3.63, 3.8) is 0 Å². The minimum Gasteiger partial charge on any atom is -0.369 e. The zero-order valence-corrected chi connectivity index (χ0v) is 12.9. The fourth-order valence-electron chi connectivity index (χ4n) is 1.73. The van der Waals surface area contributed by atoms with Gasteiger partial charge in [-0.25, -0.2) is 9.98 Å². The third-order valence-electron chi connectivity index (χ3n) is 2.61. The van der Waals surface area contributed by atoms with Gasteiger partial charge in [0.15, 0.2) is 5.82 Å². The van der Waals surface area contributed by atoms with Crippen molar-refractivity contribution in [2.45, 2.75) is 27.3 Å². The minimum atomic E-state index is 0.563. The molecule has 0 spiro atoms. The van der Waals surface area contributed by atoms with E-state index in [9.17, 15) is 0 Å². The fourth-order valence-corrected chi connectivity index (χ4v) is 1.73. The molecule has 1 aromatic carbocycles. The third-order valence-corrected chi connectivity index (χ3v) is 2.61. The molecule has 2 N–H and O–H groups in total. The van der Waals surface area contributed by atoms with Crippen molar-refractivity contribution in [1.29, 1.82) is 0 Å². The topological polar surface area (TPSA) is 65.4 Å². The van der Waals surface area contributed by atoms with Crippen LogP contribution < -0.4 is 5.32 Å². The predicted molar refractivity (Wildman–Crippen MR) is 89.5 cm³/mol. The molecule has 1 heterocycles. The summed E-state index contributed by atoms with van der Waals surface area (Å²) in [6.45, 7) is 10.9. The van der Waals surface area contributed by atoms with Gasteiger partial charge in [0.2, 0.25) is 0 Å². The number of nitrogens with one attached hydrogen (secondary N) is 2. The van der Waals surface area contributed by atoms with E-state index in [1.165, 1.54) is 0 Å². The van der Waals surface area contributed by atoms with E-state index in [1.54, 1.807) is 6.33 Å². The van der Waals surface area contributed by atoms with Crippen molar-refractivity contribution in [2.24, 2.45) is 9.98 Å². The first kappa shape index (κ1) is 16.6. The van der Waals surface area contributed by atoms with Crippen LogP contribution in [0, 0.1) is 0 Å². The molecule has 21 heavy (non-hydrogen) atoms. The number of benzene rings is 1. The lowest BCUT2D eigenvalue weighted by molar-refractivity contribution is 0.933. The maximum Gasteiger partial charge on any atom is 0.180 e. The lowest BCUT2D eigenvalue weighted by Crippen LogP contribution is -2.24. The molecule has 5 heteroatoms. The van der Waals surface area contributed by atoms with E-state index in [2.05, 4.69) is 32.0 Å². The Balaban J connectivity index is 0.00000106. The van der Waals surface area contributed by atoms with Crippen LogP contribution >= 0.6 is 0 Å². The molecule has 0 fully saturated rings. The number of imidazole rings is 1. The smallest absolute Gasteiger partial charge is 0.180 e. The van der Waals surface area contributed by atoms with Gasteiger partial charge in [0, 0.05) is 6.54 Å². The molecule has 0 saturated heterocycles. The maximum atomic E-state index is 4.58. The normalized spacial score (nSPS) is 10.5. The number of rotatable bonds is 5. The highest BCUT2D eigenvalue weighted by Gasteiger charge is 2.10. The molecular weight excluding hydrogens is 262 g/mol. The maximum absolute atomic E-state index is 4.58. The number of amidine groups is 1. The molecule has 0 radical (unpaired) electrons. The van der Waals surface area contributed by atoms with Crippen LogP contribution in [0.25, 0.3) is 0 Å². The van der Waals surface area contributed by atoms with Crippen molar-refractivity contribution < 1.29 is 0 Å². The van der Waals surface area contributed by atoms with Crippen LogP contribution in [0.2, 0.25) is 0 Å². The first-order chi connectivity index (χ1) is 10.3. The summed E-state index contributed by atoms with van der Waals surface area (Å²) in [5.41, 5.74) is 1.93. The second kappa shape index (κ2) is 9.47. The molecule has 1 aromatic heterocycles. The Labute approximate surface area is 126 Å². The minimum absolute atomic E-state index is 0.563. The Morgan fingerprint density at radius 3 is 2.62 bits per heavy atom. The van der Waals surface area contributed by atoms with Crippen LogP contribution in [0.3, 0.4) is 0 Å². The average Bonchev–Trinajstić information content (AvgIpc) is 3.03. The van der Waals surface area contributed by atoms with E-state index in [1.807, 2.05) is 51.1 Å². The summed E-state index contributed by atoms with van der Waals surface area (Å²) in [7, 11) is 0. The van der Waals surface area contributed by atoms with Gasteiger partial charge in [-0.2, -0.15) is 0 Å². The first-order valence-corrected chi connectivity index (χ1v) is 7.18. The number of hydrogen-bond acceptors (Lipinski definition) is 3. The summed E-state index contributed by atoms with van der Waals surface area (Å²) in [6.07, 6.45) is 1.59. The molecule has 0 amide bonds. The number of nitrogens with zero attached hydrogens (tertiary/aromatic N) is 3. The fraction of sp³-hybridized carbons (Fsp3) is 0.312. The molecule has 0 aliphatic heterocycles. The summed E-state index contributed by atoms with van der Waals surface area (Å²) in [5, 5.41) is 3.22. The van der Waals surface area contributed by atoms with Crippen molar-refractivity contribution in [3.8, 4) is 0 Å². The van der Waals surface area contributed by atoms with Crippen LogP contribution in [0.4, 0.5) is 5.82 Å². The van der Waals surface area contributed by atoms with E-state index in [0.717, 1.165) is 23.6 Å². The highest BCUT2D eigenvalue weighted by Crippen LogP contribution is 2.13. The second-order valence-corrected chi connectivity index (χ2v) is 3.94. The van der Waals surface area contributed by atoms with Gasteiger partial charge in [0.25, 0.3) is 0 Å². The van der Waals surface area contributed by atoms with E-state index < -0.39 is 0 Å². The zero-order chi connectivity index (χ0) is 15.5. The molecule has 5 nitrogen and oxygen atoms in total. The highest BCUT2D eigenvalue weighted by atomic mass is 15.1. The molecule has 2 aromatic rings. The van der Waals surface area contributed by atoms with Gasteiger partial charge in [0.1, 0.15) is 11.5 Å². The average molecular weight is 285 g/mol. The standard InChI is InChI=1S/C14H17N5.C2H6/c1-3-16-14(12-13(15-2)19-10-18-12)17-9-11-7-5-4-6-8-11;1-2/h4-8,10H,2-3,9H2,1H3,(H,16,17)(H,18,19);1-2H3. The molecule has 0 saturated carbocycles. The number of aromatic amines is 1. The van der Waals surface area contributed by atoms with Gasteiger partial charge >= 0.3 is 0 Å². The molecule has 112 valence electrons. The van der Waals surface area contributed by atoms with Crippen LogP contribution in [-0.4, -0.2) is 29.1 Å². The van der Waals surface area contributed by atoms with E-state index in [4.69, 9.17) is 0 Å². The largest absolute Gasteiger partial charge is 0.369 e. The first-order valence-electron chi connectivity index (χ1n) is 7.18. The molecular formula is C16H23N5. The van der Waals surface area contributed by atoms with E-state index >= 15 is 0 Å². The third kappa shape index (κ3) is 4.87. The number of H-pyrrole nitrogens is 1. The molecule has 0 aliphatic rings. The predicted octanol–water partition coefficient (Wildman–Crippen LogP) is 3.32. The molecule has 0 atom stereocenters. The van der Waals surface area contributed by atoms with Gasteiger partial charge in [-0.3, -0.25) is 4.99 Å². The monoisotopic (exact) mass is 285 g/mol. The van der Waals surface area contributed by atoms with Gasteiger partial charge in [-0.05, 0) is 19.2 Å². The highest BCUT2D eigenvalue weighted by molar-refractivity contribution is 6.00. The summed E-state index contributed by atoms with van der Waals surface area (Å²) < 4.78 is 0. The summed E-state index contributed by atoms with van der Waals surface area (Å²) in [5.74, 6) is 1.32. The van der Waals surface area contributed by atoms with Gasteiger partial charge in [-0.15, -0.1) is 0 Å². The van der Waals surface area contributed by atoms with Crippen molar-refractivity contribution in [1.82, 2.24) is 15.3 Å². The van der Waals surface area contributed by atoms with Crippen LogP contribution in [-0.2, 0) is 6.54 Å². The van der Waals surface area contributed by atoms with Crippen molar-refractivity contribution in [2.75, 3.05) is 6.54 Å². The van der Waals surface area contributed by atoms with Crippen LogP contribution in [0.1, 0.15) is 32.0 Å². The Kier molecular flexibility index (Phi) is 7.50. The number of aliphatic imine (C=N–C) groups is 2. The molecule has 0 aliphatic carbocycles. The quantitative estimate of drug-likeness (QED) is 0.653. The second-order valence-electron chi connectivity index (χ2n) is 3.94. The Morgan fingerprint density at radius 1 is 1.29 bits per heavy atom. The van der Waals surface area contributed by atoms with Crippen molar-refractivity contribution in [3.05, 3.63) is 47.9 Å². The summed E-state index contributed by atoms with van der Waals surface area (Å²) >= 11 is 0. The number of hydrogen-bond donors (Lipinski definition) is 2. The van der Waals surface area contributed by atoms with Gasteiger partial charge in [-0.1, -0.05) is 44.2 Å². The SMILES string of the molecule is C=Nc1nc[nH]c1C(=NCc1ccccc1)NCC.CC. The lowest BCUT2D eigenvalue weighted by Gasteiger charge is -2.07. The Morgan fingerprint density at radius 2 is 2.00 bits per heavy atom. The Hall–Kier alpha value is -2.43. The molecule has 2 rings (SSSR count). The summed E-state index contributed by atoms with van der Waals surface area (Å²) in [4.78, 5) is 15.6.